The molecule has 2 aromatic rings. The van der Waals surface area contributed by atoms with Crippen LogP contribution >= 0.6 is 11.6 Å². The van der Waals surface area contributed by atoms with E-state index in [-0.39, 0.29) is 0 Å². The number of aromatic nitrogens is 2. The van der Waals surface area contributed by atoms with E-state index in [4.69, 9.17) is 22.1 Å². The fraction of sp³-hybridized carbons (Fsp3) is 0.250. The first-order valence-corrected chi connectivity index (χ1v) is 5.82. The zero-order valence-corrected chi connectivity index (χ0v) is 10.3. The number of ether oxygens (including phenoxy) is 1. The summed E-state index contributed by atoms with van der Waals surface area (Å²) in [5, 5.41) is 4.67. The Morgan fingerprint density at radius 2 is 2.29 bits per heavy atom. The van der Waals surface area contributed by atoms with Crippen molar-refractivity contribution in [2.24, 2.45) is 0 Å². The molecule has 1 aromatic carbocycles. The van der Waals surface area contributed by atoms with E-state index in [1.54, 1.807) is 24.4 Å². The Morgan fingerprint density at radius 1 is 1.47 bits per heavy atom. The number of nitrogens with two attached hydrogens (primary N) is 1. The van der Waals surface area contributed by atoms with Crippen LogP contribution in [0.3, 0.4) is 0 Å². The Bertz CT molecular complexity index is 510. The zero-order valence-electron chi connectivity index (χ0n) is 9.56. The van der Waals surface area contributed by atoms with Crippen molar-refractivity contribution in [1.82, 2.24) is 9.78 Å². The highest BCUT2D eigenvalue weighted by Gasteiger charge is 2.05. The summed E-state index contributed by atoms with van der Waals surface area (Å²) in [4.78, 5) is 0. The summed E-state index contributed by atoms with van der Waals surface area (Å²) >= 11 is 6.02. The van der Waals surface area contributed by atoms with Gasteiger partial charge in [0.05, 0.1) is 17.4 Å². The van der Waals surface area contributed by atoms with Gasteiger partial charge in [-0.05, 0) is 24.6 Å². The van der Waals surface area contributed by atoms with Crippen LogP contribution in [0.1, 0.15) is 13.3 Å². The molecule has 0 fully saturated rings. The Kier molecular flexibility index (Phi) is 3.54. The molecule has 0 saturated carbocycles. The van der Waals surface area contributed by atoms with Crippen LogP contribution in [0, 0.1) is 0 Å². The Balaban J connectivity index is 2.13. The maximum atomic E-state index is 6.02. The molecule has 2 rings (SSSR count). The van der Waals surface area contributed by atoms with Crippen LogP contribution in [0.4, 0.5) is 5.69 Å². The van der Waals surface area contributed by atoms with Crippen molar-refractivity contribution in [2.75, 3.05) is 5.73 Å². The van der Waals surface area contributed by atoms with Gasteiger partial charge < -0.3 is 10.5 Å². The van der Waals surface area contributed by atoms with Crippen LogP contribution in [0.2, 0.25) is 5.02 Å². The highest BCUT2D eigenvalue weighted by molar-refractivity contribution is 6.32. The smallest absolute Gasteiger partial charge is 0.165 e. The number of hydrogen-bond acceptors (Lipinski definition) is 3. The third kappa shape index (κ3) is 2.91. The van der Waals surface area contributed by atoms with Gasteiger partial charge in [-0.25, -0.2) is 0 Å². The molecule has 0 bridgehead atoms. The Hall–Kier alpha value is -1.68. The van der Waals surface area contributed by atoms with E-state index in [2.05, 4.69) is 12.0 Å². The van der Waals surface area contributed by atoms with Gasteiger partial charge in [-0.1, -0.05) is 18.5 Å². The molecule has 0 radical (unpaired) electrons. The molecule has 0 saturated heterocycles. The summed E-state index contributed by atoms with van der Waals surface area (Å²) in [5.74, 6) is 1.25. The lowest BCUT2D eigenvalue weighted by atomic mass is 10.3. The molecule has 5 heteroatoms. The molecule has 4 nitrogen and oxygen atoms in total. The molecule has 0 aliphatic carbocycles. The van der Waals surface area contributed by atoms with Gasteiger partial charge in [-0.15, -0.1) is 0 Å². The maximum absolute atomic E-state index is 6.02. The third-order valence-corrected chi connectivity index (χ3v) is 2.54. The van der Waals surface area contributed by atoms with Crippen molar-refractivity contribution in [2.45, 2.75) is 19.9 Å². The largest absolute Gasteiger partial charge is 0.452 e. The number of anilines is 1. The minimum atomic E-state index is 0.494. The first-order chi connectivity index (χ1) is 8.19. The number of nitrogen functional groups attached to an aromatic ring is 1. The summed E-state index contributed by atoms with van der Waals surface area (Å²) in [6.45, 7) is 2.97. The zero-order chi connectivity index (χ0) is 12.3. The van der Waals surface area contributed by atoms with Crippen molar-refractivity contribution in [3.63, 3.8) is 0 Å². The van der Waals surface area contributed by atoms with E-state index in [0.717, 1.165) is 13.0 Å². The van der Waals surface area contributed by atoms with E-state index < -0.39 is 0 Å². The SMILES string of the molecule is CCCn1cc(Oc2ccc(N)cc2Cl)cn1. The summed E-state index contributed by atoms with van der Waals surface area (Å²) in [6.07, 6.45) is 4.54. The predicted molar refractivity (Wildman–Crippen MR) is 68.5 cm³/mol. The molecule has 0 spiro atoms. The molecule has 1 aromatic heterocycles. The van der Waals surface area contributed by atoms with Crippen LogP contribution in [0.15, 0.2) is 30.6 Å². The second-order valence-corrected chi connectivity index (χ2v) is 4.14. The minimum Gasteiger partial charge on any atom is -0.452 e. The van der Waals surface area contributed by atoms with Crippen LogP contribution in [-0.2, 0) is 6.54 Å². The standard InChI is InChI=1S/C12H14ClN3O/c1-2-5-16-8-10(7-15-16)17-12-4-3-9(14)6-11(12)13/h3-4,6-8H,2,5,14H2,1H3. The van der Waals surface area contributed by atoms with Crippen molar-refractivity contribution in [1.29, 1.82) is 0 Å². The van der Waals surface area contributed by atoms with E-state index in [0.29, 0.717) is 22.2 Å². The minimum absolute atomic E-state index is 0.494. The lowest BCUT2D eigenvalue weighted by Crippen LogP contribution is -1.95. The fourth-order valence-electron chi connectivity index (χ4n) is 1.48. The normalized spacial score (nSPS) is 10.5. The average molecular weight is 252 g/mol. The molecule has 0 aliphatic heterocycles. The quantitative estimate of drug-likeness (QED) is 0.848. The second-order valence-electron chi connectivity index (χ2n) is 3.73. The van der Waals surface area contributed by atoms with Crippen LogP contribution in [0.25, 0.3) is 0 Å². The highest BCUT2D eigenvalue weighted by Crippen LogP contribution is 2.30. The number of benzene rings is 1. The lowest BCUT2D eigenvalue weighted by Gasteiger charge is -2.05. The molecular weight excluding hydrogens is 238 g/mol. The van der Waals surface area contributed by atoms with Gasteiger partial charge >= 0.3 is 0 Å². The van der Waals surface area contributed by atoms with Crippen molar-refractivity contribution < 1.29 is 4.74 Å². The number of nitrogens with zero attached hydrogens (tertiary/aromatic N) is 2. The van der Waals surface area contributed by atoms with E-state index in [9.17, 15) is 0 Å². The third-order valence-electron chi connectivity index (χ3n) is 2.25. The van der Waals surface area contributed by atoms with Crippen LogP contribution in [-0.4, -0.2) is 9.78 Å². The van der Waals surface area contributed by atoms with Crippen LogP contribution < -0.4 is 10.5 Å². The van der Waals surface area contributed by atoms with Crippen molar-refractivity contribution >= 4 is 17.3 Å². The van der Waals surface area contributed by atoms with Crippen LogP contribution in [0.5, 0.6) is 11.5 Å². The molecule has 17 heavy (non-hydrogen) atoms. The second kappa shape index (κ2) is 5.10. The topological polar surface area (TPSA) is 53.1 Å². The number of halogens is 1. The summed E-state index contributed by atoms with van der Waals surface area (Å²) in [6, 6.07) is 5.15. The predicted octanol–water partition coefficient (Wildman–Crippen LogP) is 3.32. The molecule has 90 valence electrons. The number of rotatable bonds is 4. The van der Waals surface area contributed by atoms with Gasteiger partial charge in [0.1, 0.15) is 5.75 Å². The van der Waals surface area contributed by atoms with Crippen molar-refractivity contribution in [3.8, 4) is 11.5 Å². The number of hydrogen-bond donors (Lipinski definition) is 1. The van der Waals surface area contributed by atoms with E-state index >= 15 is 0 Å². The number of aryl methyl sites for hydroxylation is 1. The molecule has 1 heterocycles. The molecule has 0 aliphatic rings. The monoisotopic (exact) mass is 251 g/mol. The van der Waals surface area contributed by atoms with Gasteiger partial charge in [0, 0.05) is 12.2 Å². The first-order valence-electron chi connectivity index (χ1n) is 5.44. The van der Waals surface area contributed by atoms with Gasteiger partial charge in [0.15, 0.2) is 5.75 Å². The summed E-state index contributed by atoms with van der Waals surface area (Å²) < 4.78 is 7.45. The molecule has 0 amide bonds. The first kappa shape index (κ1) is 11.8. The molecular formula is C12H14ClN3O. The van der Waals surface area contributed by atoms with Gasteiger partial charge in [0.25, 0.3) is 0 Å². The van der Waals surface area contributed by atoms with Gasteiger partial charge in [-0.3, -0.25) is 4.68 Å². The Morgan fingerprint density at radius 3 is 3.00 bits per heavy atom. The highest BCUT2D eigenvalue weighted by atomic mass is 35.5. The molecule has 2 N–H and O–H groups in total. The fourth-order valence-corrected chi connectivity index (χ4v) is 1.70. The molecule has 0 atom stereocenters. The van der Waals surface area contributed by atoms with E-state index in [1.807, 2.05) is 10.9 Å². The van der Waals surface area contributed by atoms with Gasteiger partial charge in [0.2, 0.25) is 0 Å². The summed E-state index contributed by atoms with van der Waals surface area (Å²) in [5.41, 5.74) is 6.22. The van der Waals surface area contributed by atoms with E-state index in [1.165, 1.54) is 0 Å². The summed E-state index contributed by atoms with van der Waals surface area (Å²) in [7, 11) is 0. The molecule has 0 unspecified atom stereocenters. The van der Waals surface area contributed by atoms with Crippen molar-refractivity contribution in [3.05, 3.63) is 35.6 Å². The van der Waals surface area contributed by atoms with Gasteiger partial charge in [-0.2, -0.15) is 5.10 Å². The lowest BCUT2D eigenvalue weighted by molar-refractivity contribution is 0.481. The Labute approximate surface area is 105 Å². The maximum Gasteiger partial charge on any atom is 0.165 e. The average Bonchev–Trinajstić information content (AvgIpc) is 2.71.